The molecule has 2 rings (SSSR count). The molecule has 1 aliphatic carbocycles. The van der Waals surface area contributed by atoms with E-state index in [1.807, 2.05) is 17.6 Å². The van der Waals surface area contributed by atoms with Gasteiger partial charge in [0.2, 0.25) is 5.91 Å². The number of nitrogens with two attached hydrogens (primary N) is 1. The highest BCUT2D eigenvalue weighted by Crippen LogP contribution is 2.38. The zero-order valence-electron chi connectivity index (χ0n) is 12.3. The van der Waals surface area contributed by atoms with Gasteiger partial charge in [-0.3, -0.25) is 9.59 Å². The van der Waals surface area contributed by atoms with Crippen LogP contribution in [0.5, 0.6) is 0 Å². The average Bonchev–Trinajstić information content (AvgIpc) is 2.53. The van der Waals surface area contributed by atoms with Gasteiger partial charge in [-0.1, -0.05) is 13.8 Å². The van der Waals surface area contributed by atoms with Crippen molar-refractivity contribution in [2.75, 3.05) is 0 Å². The zero-order chi connectivity index (χ0) is 14.6. The first-order valence-electron chi connectivity index (χ1n) is 6.61. The number of rotatable bonds is 2. The third-order valence-electron chi connectivity index (χ3n) is 4.03. The first-order valence-corrected chi connectivity index (χ1v) is 6.61. The van der Waals surface area contributed by atoms with Crippen LogP contribution in [0.2, 0.25) is 0 Å². The fraction of sp³-hybridized carbons (Fsp3) is 0.600. The molecule has 0 atom stereocenters. The second-order valence-electron chi connectivity index (χ2n) is 6.85. The maximum Gasteiger partial charge on any atom is 0.243 e. The third-order valence-corrected chi connectivity index (χ3v) is 4.03. The quantitative estimate of drug-likeness (QED) is 0.887. The Bertz CT molecular complexity index is 565. The lowest BCUT2D eigenvalue weighted by Gasteiger charge is -2.34. The molecule has 1 heterocycles. The largest absolute Gasteiger partial charge is 0.368 e. The van der Waals surface area contributed by atoms with Gasteiger partial charge in [0.15, 0.2) is 5.78 Å². The van der Waals surface area contributed by atoms with Gasteiger partial charge in [-0.25, -0.2) is 0 Å². The zero-order valence-corrected chi connectivity index (χ0v) is 12.3. The molecule has 0 radical (unpaired) electrons. The molecule has 0 spiro atoms. The van der Waals surface area contributed by atoms with Crippen LogP contribution in [0.15, 0.2) is 6.07 Å². The maximum absolute atomic E-state index is 12.2. The third kappa shape index (κ3) is 2.09. The summed E-state index contributed by atoms with van der Waals surface area (Å²) in [6.07, 6.45) is 1.35. The molecule has 0 saturated heterocycles. The molecule has 0 bridgehead atoms. The minimum atomic E-state index is -0.814. The average molecular weight is 262 g/mol. The summed E-state index contributed by atoms with van der Waals surface area (Å²) in [7, 11) is 0. The number of ketones is 1. The summed E-state index contributed by atoms with van der Waals surface area (Å²) in [5.41, 5.74) is 7.26. The molecule has 1 amide bonds. The summed E-state index contributed by atoms with van der Waals surface area (Å²) >= 11 is 0. The fourth-order valence-corrected chi connectivity index (χ4v) is 3.04. The Morgan fingerprint density at radius 2 is 1.95 bits per heavy atom. The standard InChI is InChI=1S/C15H22N2O2/c1-9-6-10-11(7-14(2,3)8-12(10)18)17(9)15(4,5)13(16)19/h6H,7-8H2,1-5H3,(H2,16,19). The van der Waals surface area contributed by atoms with E-state index >= 15 is 0 Å². The van der Waals surface area contributed by atoms with Crippen LogP contribution in [-0.4, -0.2) is 16.3 Å². The number of aromatic nitrogens is 1. The van der Waals surface area contributed by atoms with Crippen LogP contribution in [0.1, 0.15) is 55.9 Å². The van der Waals surface area contributed by atoms with Crippen LogP contribution in [-0.2, 0) is 16.8 Å². The van der Waals surface area contributed by atoms with E-state index in [-0.39, 0.29) is 17.1 Å². The molecule has 0 fully saturated rings. The second kappa shape index (κ2) is 3.95. The molecule has 1 aromatic heterocycles. The van der Waals surface area contributed by atoms with E-state index in [0.29, 0.717) is 6.42 Å². The van der Waals surface area contributed by atoms with E-state index < -0.39 is 5.54 Å². The number of hydrogen-bond acceptors (Lipinski definition) is 2. The SMILES string of the molecule is Cc1cc2c(n1C(C)(C)C(N)=O)CC(C)(C)CC2=O. The van der Waals surface area contributed by atoms with Gasteiger partial charge < -0.3 is 10.3 Å². The molecular weight excluding hydrogens is 240 g/mol. The number of primary amides is 1. The van der Waals surface area contributed by atoms with Crippen LogP contribution >= 0.6 is 0 Å². The van der Waals surface area contributed by atoms with Gasteiger partial charge >= 0.3 is 0 Å². The van der Waals surface area contributed by atoms with E-state index in [2.05, 4.69) is 13.8 Å². The first kappa shape index (κ1) is 13.8. The molecule has 4 nitrogen and oxygen atoms in total. The van der Waals surface area contributed by atoms with Gasteiger partial charge in [-0.2, -0.15) is 0 Å². The Kier molecular flexibility index (Phi) is 2.88. The van der Waals surface area contributed by atoms with Gasteiger partial charge in [0, 0.05) is 23.4 Å². The highest BCUT2D eigenvalue weighted by atomic mass is 16.1. The minimum absolute atomic E-state index is 0.0691. The number of fused-ring (bicyclic) bond motifs is 1. The monoisotopic (exact) mass is 262 g/mol. The van der Waals surface area contributed by atoms with E-state index in [1.165, 1.54) is 0 Å². The second-order valence-corrected chi connectivity index (χ2v) is 6.85. The predicted molar refractivity (Wildman–Crippen MR) is 74.1 cm³/mol. The number of aryl methyl sites for hydroxylation is 1. The summed E-state index contributed by atoms with van der Waals surface area (Å²) in [4.78, 5) is 24.0. The van der Waals surface area contributed by atoms with Crippen molar-refractivity contribution in [3.8, 4) is 0 Å². The van der Waals surface area contributed by atoms with Crippen LogP contribution in [0.25, 0.3) is 0 Å². The molecule has 1 aromatic rings. The normalized spacial score (nSPS) is 18.3. The van der Waals surface area contributed by atoms with Crippen molar-refractivity contribution in [3.63, 3.8) is 0 Å². The summed E-state index contributed by atoms with van der Waals surface area (Å²) in [6.45, 7) is 9.68. The molecule has 1 aliphatic rings. The first-order chi connectivity index (χ1) is 8.56. The molecule has 4 heteroatoms. The lowest BCUT2D eigenvalue weighted by Crippen LogP contribution is -2.43. The number of carbonyl (C=O) groups is 2. The topological polar surface area (TPSA) is 65.1 Å². The van der Waals surface area contributed by atoms with Crippen molar-refractivity contribution >= 4 is 11.7 Å². The van der Waals surface area contributed by atoms with E-state index in [4.69, 9.17) is 5.73 Å². The molecule has 0 aliphatic heterocycles. The minimum Gasteiger partial charge on any atom is -0.368 e. The molecule has 104 valence electrons. The number of carbonyl (C=O) groups excluding carboxylic acids is 2. The number of Topliss-reactive ketones (excluding diaryl/α,β-unsaturated/α-hetero) is 1. The summed E-state index contributed by atoms with van der Waals surface area (Å²) in [5, 5.41) is 0. The van der Waals surface area contributed by atoms with Gasteiger partial charge in [0.1, 0.15) is 5.54 Å². The molecule has 19 heavy (non-hydrogen) atoms. The van der Waals surface area contributed by atoms with Crippen LogP contribution in [0.4, 0.5) is 0 Å². The Balaban J connectivity index is 2.67. The smallest absolute Gasteiger partial charge is 0.243 e. The predicted octanol–water partition coefficient (Wildman–Crippen LogP) is 2.17. The van der Waals surface area contributed by atoms with Gasteiger partial charge in [-0.05, 0) is 38.7 Å². The summed E-state index contributed by atoms with van der Waals surface area (Å²) in [5.74, 6) is -0.224. The Morgan fingerprint density at radius 3 is 2.47 bits per heavy atom. The van der Waals surface area contributed by atoms with Crippen LogP contribution < -0.4 is 5.73 Å². The lowest BCUT2D eigenvalue weighted by atomic mass is 9.76. The van der Waals surface area contributed by atoms with Gasteiger partial charge in [0.25, 0.3) is 0 Å². The molecule has 0 saturated carbocycles. The van der Waals surface area contributed by atoms with Crippen molar-refractivity contribution in [1.29, 1.82) is 0 Å². The Hall–Kier alpha value is -1.58. The van der Waals surface area contributed by atoms with Crippen molar-refractivity contribution < 1.29 is 9.59 Å². The fourth-order valence-electron chi connectivity index (χ4n) is 3.04. The van der Waals surface area contributed by atoms with Gasteiger partial charge in [-0.15, -0.1) is 0 Å². The van der Waals surface area contributed by atoms with Crippen molar-refractivity contribution in [2.24, 2.45) is 11.1 Å². The van der Waals surface area contributed by atoms with Crippen LogP contribution in [0, 0.1) is 12.3 Å². The summed E-state index contributed by atoms with van der Waals surface area (Å²) in [6, 6.07) is 1.89. The number of hydrogen-bond donors (Lipinski definition) is 1. The Labute approximate surface area is 114 Å². The summed E-state index contributed by atoms with van der Waals surface area (Å²) < 4.78 is 1.93. The number of nitrogens with zero attached hydrogens (tertiary/aromatic N) is 1. The molecule has 2 N–H and O–H groups in total. The lowest BCUT2D eigenvalue weighted by molar-refractivity contribution is -0.125. The van der Waals surface area contributed by atoms with Crippen molar-refractivity contribution in [2.45, 2.75) is 53.0 Å². The van der Waals surface area contributed by atoms with Crippen molar-refractivity contribution in [3.05, 3.63) is 23.0 Å². The maximum atomic E-state index is 12.2. The Morgan fingerprint density at radius 1 is 1.37 bits per heavy atom. The molecule has 0 aromatic carbocycles. The highest BCUT2D eigenvalue weighted by Gasteiger charge is 2.38. The molecule has 0 unspecified atom stereocenters. The highest BCUT2D eigenvalue weighted by molar-refractivity contribution is 5.99. The van der Waals surface area contributed by atoms with E-state index in [9.17, 15) is 9.59 Å². The van der Waals surface area contributed by atoms with Crippen molar-refractivity contribution in [1.82, 2.24) is 4.57 Å². The van der Waals surface area contributed by atoms with Gasteiger partial charge in [0.05, 0.1) is 0 Å². The van der Waals surface area contributed by atoms with Crippen LogP contribution in [0.3, 0.4) is 0 Å². The number of amides is 1. The van der Waals surface area contributed by atoms with E-state index in [1.54, 1.807) is 13.8 Å². The van der Waals surface area contributed by atoms with E-state index in [0.717, 1.165) is 23.4 Å². The molecular formula is C15H22N2O2.